The van der Waals surface area contributed by atoms with Gasteiger partial charge in [0.1, 0.15) is 0 Å². The zero-order chi connectivity index (χ0) is 6.53. The van der Waals surface area contributed by atoms with Crippen molar-refractivity contribution in [3.05, 3.63) is 0 Å². The molecule has 0 bridgehead atoms. The summed E-state index contributed by atoms with van der Waals surface area (Å²) in [4.78, 5) is 0. The Morgan fingerprint density at radius 2 is 2.00 bits per heavy atom. The molecule has 9 heavy (non-hydrogen) atoms. The summed E-state index contributed by atoms with van der Waals surface area (Å²) in [6.07, 6.45) is 2.46. The molecule has 1 saturated heterocycles. The highest BCUT2D eigenvalue weighted by Gasteiger charge is 2.15. The van der Waals surface area contributed by atoms with E-state index in [-0.39, 0.29) is 0 Å². The van der Waals surface area contributed by atoms with Crippen LogP contribution >= 0.6 is 0 Å². The van der Waals surface area contributed by atoms with Crippen LogP contribution in [0.1, 0.15) is 13.3 Å². The molecule has 0 aromatic heterocycles. The van der Waals surface area contributed by atoms with Gasteiger partial charge in [0.2, 0.25) is 0 Å². The lowest BCUT2D eigenvalue weighted by Crippen LogP contribution is -2.63. The van der Waals surface area contributed by atoms with Crippen LogP contribution in [0.25, 0.3) is 0 Å². The average Bonchev–Trinajstić information content (AvgIpc) is 1.91. The van der Waals surface area contributed by atoms with Gasteiger partial charge in [0.15, 0.2) is 0 Å². The fourth-order valence-corrected chi connectivity index (χ4v) is 1.02. The third-order valence-corrected chi connectivity index (χ3v) is 1.52. The second-order valence-electron chi connectivity index (χ2n) is 2.35. The first-order valence-electron chi connectivity index (χ1n) is 3.61. The predicted molar refractivity (Wildman–Crippen MR) is 44.6 cm³/mol. The Kier molecular flexibility index (Phi) is 3.18. The summed E-state index contributed by atoms with van der Waals surface area (Å²) < 4.78 is 0. The number of nitrogens with one attached hydrogen (secondary N) is 3. The van der Waals surface area contributed by atoms with Crippen LogP contribution in [0.5, 0.6) is 0 Å². The second kappa shape index (κ2) is 3.98. The fourth-order valence-electron chi connectivity index (χ4n) is 1.02. The third-order valence-electron chi connectivity index (χ3n) is 1.52. The van der Waals surface area contributed by atoms with Gasteiger partial charge in [-0.3, -0.25) is 0 Å². The molecular weight excluding hydrogens is 110 g/mol. The van der Waals surface area contributed by atoms with Gasteiger partial charge in [0.05, 0.1) is 0 Å². The molecule has 1 heterocycles. The van der Waals surface area contributed by atoms with Crippen molar-refractivity contribution < 1.29 is 0 Å². The molecule has 1 rings (SSSR count). The second-order valence-corrected chi connectivity index (χ2v) is 2.35. The SMILES string of the molecule is CCCB1NBNBN1. The van der Waals surface area contributed by atoms with Gasteiger partial charge < -0.3 is 15.4 Å². The molecule has 1 aliphatic rings. The van der Waals surface area contributed by atoms with E-state index in [4.69, 9.17) is 0 Å². The van der Waals surface area contributed by atoms with Crippen LogP contribution in [0.4, 0.5) is 0 Å². The van der Waals surface area contributed by atoms with E-state index >= 15 is 0 Å². The summed E-state index contributed by atoms with van der Waals surface area (Å²) in [6, 6.07) is 0. The first-order chi connectivity index (χ1) is 4.43. The molecule has 0 atom stereocenters. The van der Waals surface area contributed by atoms with Gasteiger partial charge >= 0.3 is 0 Å². The van der Waals surface area contributed by atoms with Crippen LogP contribution in [0.2, 0.25) is 6.32 Å². The van der Waals surface area contributed by atoms with Crippen LogP contribution in [-0.4, -0.2) is 22.1 Å². The molecule has 0 unspecified atom stereocenters. The van der Waals surface area contributed by atoms with Crippen LogP contribution in [-0.2, 0) is 0 Å². The number of rotatable bonds is 2. The quantitative estimate of drug-likeness (QED) is 0.379. The summed E-state index contributed by atoms with van der Waals surface area (Å²) in [5, 5.41) is 9.75. The normalized spacial score (nSPS) is 18.6. The molecule has 1 fully saturated rings. The maximum Gasteiger partial charge on any atom is 0.284 e. The van der Waals surface area contributed by atoms with Crippen molar-refractivity contribution in [3.8, 4) is 0 Å². The minimum atomic E-state index is 0.538. The lowest BCUT2D eigenvalue weighted by molar-refractivity contribution is 1.02. The zero-order valence-electron chi connectivity index (χ0n) is 5.91. The summed E-state index contributed by atoms with van der Waals surface area (Å²) >= 11 is 0. The van der Waals surface area contributed by atoms with Crippen molar-refractivity contribution in [1.29, 1.82) is 0 Å². The van der Waals surface area contributed by atoms with Crippen molar-refractivity contribution >= 4 is 22.1 Å². The van der Waals surface area contributed by atoms with Crippen LogP contribution in [0, 0.1) is 0 Å². The third kappa shape index (κ3) is 2.43. The number of hydrogen-bond donors (Lipinski definition) is 3. The minimum absolute atomic E-state index is 0.538. The topological polar surface area (TPSA) is 36.1 Å². The molecule has 6 heteroatoms. The molecule has 0 amide bonds. The Labute approximate surface area is 58.0 Å². The van der Waals surface area contributed by atoms with Gasteiger partial charge in [0, 0.05) is 0 Å². The molecule has 0 aliphatic carbocycles. The first kappa shape index (κ1) is 7.19. The van der Waals surface area contributed by atoms with Gasteiger partial charge in [-0.1, -0.05) is 13.3 Å². The lowest BCUT2D eigenvalue weighted by atomic mass is 9.62. The average molecular weight is 123 g/mol. The van der Waals surface area contributed by atoms with E-state index in [0.717, 1.165) is 15.1 Å². The van der Waals surface area contributed by atoms with Crippen LogP contribution in [0.3, 0.4) is 0 Å². The molecular formula is C3H12B3N3. The molecule has 3 nitrogen and oxygen atoms in total. The maximum atomic E-state index is 3.30. The molecule has 0 aromatic carbocycles. The summed E-state index contributed by atoms with van der Waals surface area (Å²) in [7, 11) is 1.88. The molecule has 0 spiro atoms. The van der Waals surface area contributed by atoms with Crippen LogP contribution in [0.15, 0.2) is 0 Å². The van der Waals surface area contributed by atoms with Gasteiger partial charge in [0.25, 0.3) is 22.1 Å². The lowest BCUT2D eigenvalue weighted by Gasteiger charge is -2.20. The van der Waals surface area contributed by atoms with Gasteiger partial charge in [-0.2, -0.15) is 0 Å². The van der Waals surface area contributed by atoms with E-state index in [1.54, 1.807) is 0 Å². The first-order valence-corrected chi connectivity index (χ1v) is 3.61. The van der Waals surface area contributed by atoms with E-state index in [0.29, 0.717) is 6.98 Å². The summed E-state index contributed by atoms with van der Waals surface area (Å²) in [6.45, 7) is 2.74. The Bertz CT molecular complexity index is 71.9. The van der Waals surface area contributed by atoms with Crippen molar-refractivity contribution in [2.75, 3.05) is 0 Å². The standard InChI is InChI=1S/C3H12B3N3/c1-2-3-6-8-4-7-5-9-6/h4-5,7-9H,2-3H2,1H3. The number of hydrogen-bond acceptors (Lipinski definition) is 3. The fraction of sp³-hybridized carbons (Fsp3) is 1.00. The summed E-state index contributed by atoms with van der Waals surface area (Å²) in [5.74, 6) is 0. The monoisotopic (exact) mass is 123 g/mol. The van der Waals surface area contributed by atoms with Crippen molar-refractivity contribution in [3.63, 3.8) is 0 Å². The largest absolute Gasteiger partial charge is 0.378 e. The smallest absolute Gasteiger partial charge is 0.284 e. The van der Waals surface area contributed by atoms with E-state index in [2.05, 4.69) is 22.3 Å². The van der Waals surface area contributed by atoms with E-state index in [1.165, 1.54) is 12.7 Å². The highest BCUT2D eigenvalue weighted by Crippen LogP contribution is 1.89. The van der Waals surface area contributed by atoms with Gasteiger partial charge in [-0.05, 0) is 6.32 Å². The maximum absolute atomic E-state index is 3.30. The van der Waals surface area contributed by atoms with Crippen molar-refractivity contribution in [2.24, 2.45) is 0 Å². The zero-order valence-corrected chi connectivity index (χ0v) is 5.91. The van der Waals surface area contributed by atoms with E-state index in [1.807, 2.05) is 0 Å². The molecule has 0 radical (unpaired) electrons. The predicted octanol–water partition coefficient (Wildman–Crippen LogP) is -1.80. The minimum Gasteiger partial charge on any atom is -0.378 e. The van der Waals surface area contributed by atoms with Gasteiger partial charge in [-0.25, -0.2) is 0 Å². The van der Waals surface area contributed by atoms with E-state index in [9.17, 15) is 0 Å². The molecule has 0 saturated carbocycles. The Morgan fingerprint density at radius 1 is 1.33 bits per heavy atom. The van der Waals surface area contributed by atoms with Gasteiger partial charge in [-0.15, -0.1) is 0 Å². The Morgan fingerprint density at radius 3 is 2.56 bits per heavy atom. The highest BCUT2D eigenvalue weighted by molar-refractivity contribution is 6.75. The molecule has 3 N–H and O–H groups in total. The van der Waals surface area contributed by atoms with E-state index < -0.39 is 0 Å². The van der Waals surface area contributed by atoms with Crippen molar-refractivity contribution in [2.45, 2.75) is 19.7 Å². The Balaban J connectivity index is 2.08. The van der Waals surface area contributed by atoms with Crippen molar-refractivity contribution in [1.82, 2.24) is 15.4 Å². The molecule has 1 aliphatic heterocycles. The molecule has 0 aromatic rings. The van der Waals surface area contributed by atoms with Crippen LogP contribution < -0.4 is 15.4 Å². The summed E-state index contributed by atoms with van der Waals surface area (Å²) in [5.41, 5.74) is 0. The highest BCUT2D eigenvalue weighted by atomic mass is 15.0. The molecule has 48 valence electrons. The Hall–Kier alpha value is 0.0748.